The van der Waals surface area contributed by atoms with E-state index in [-0.39, 0.29) is 4.90 Å². The van der Waals surface area contributed by atoms with E-state index in [1.807, 2.05) is 6.07 Å². The van der Waals surface area contributed by atoms with Crippen LogP contribution in [-0.2, 0) is 23.0 Å². The SMILES string of the molecule is COc1cc2c(cc1Nc1nc(Nc3ccccc3S(=O)(=O)N(C)C)c3cc[nH]c3n1)CN(C)CC2. The first-order chi connectivity index (χ1) is 17.3. The molecule has 188 valence electrons. The number of aromatic nitrogens is 3. The highest BCUT2D eigenvalue weighted by Crippen LogP contribution is 2.34. The van der Waals surface area contributed by atoms with Gasteiger partial charge in [-0.25, -0.2) is 12.7 Å². The number of ether oxygens (including phenoxy) is 1. The Kier molecular flexibility index (Phi) is 6.29. The van der Waals surface area contributed by atoms with Crippen LogP contribution in [0.4, 0.5) is 23.1 Å². The molecule has 36 heavy (non-hydrogen) atoms. The molecule has 0 bridgehead atoms. The minimum absolute atomic E-state index is 0.160. The van der Waals surface area contributed by atoms with Crippen LogP contribution in [-0.4, -0.2) is 67.4 Å². The van der Waals surface area contributed by atoms with Crippen LogP contribution in [0.25, 0.3) is 11.0 Å². The first kappa shape index (κ1) is 24.0. The fraction of sp³-hybridized carbons (Fsp3) is 0.280. The predicted octanol–water partition coefficient (Wildman–Crippen LogP) is 3.69. The summed E-state index contributed by atoms with van der Waals surface area (Å²) >= 11 is 0. The lowest BCUT2D eigenvalue weighted by Crippen LogP contribution is -2.26. The van der Waals surface area contributed by atoms with Gasteiger partial charge in [0.15, 0.2) is 0 Å². The van der Waals surface area contributed by atoms with Crippen LogP contribution < -0.4 is 15.4 Å². The second kappa shape index (κ2) is 9.41. The predicted molar refractivity (Wildman–Crippen MR) is 141 cm³/mol. The molecule has 0 unspecified atom stereocenters. The van der Waals surface area contributed by atoms with Crippen LogP contribution in [0.15, 0.2) is 53.6 Å². The Balaban J connectivity index is 1.54. The maximum atomic E-state index is 12.9. The van der Waals surface area contributed by atoms with E-state index in [4.69, 9.17) is 9.72 Å². The zero-order chi connectivity index (χ0) is 25.4. The number of H-pyrrole nitrogens is 1. The van der Waals surface area contributed by atoms with Gasteiger partial charge in [0.1, 0.15) is 22.1 Å². The Morgan fingerprint density at radius 1 is 1.06 bits per heavy atom. The van der Waals surface area contributed by atoms with Crippen LogP contribution >= 0.6 is 0 Å². The highest BCUT2D eigenvalue weighted by molar-refractivity contribution is 7.89. The van der Waals surface area contributed by atoms with E-state index in [9.17, 15) is 8.42 Å². The molecule has 10 nitrogen and oxygen atoms in total. The highest BCUT2D eigenvalue weighted by Gasteiger charge is 2.22. The second-order valence-electron chi connectivity index (χ2n) is 8.98. The van der Waals surface area contributed by atoms with E-state index in [1.54, 1.807) is 37.6 Å². The van der Waals surface area contributed by atoms with E-state index in [2.05, 4.69) is 44.7 Å². The molecule has 0 aliphatic carbocycles. The molecule has 1 aliphatic rings. The van der Waals surface area contributed by atoms with Crippen molar-refractivity contribution in [1.82, 2.24) is 24.2 Å². The van der Waals surface area contributed by atoms with Crippen molar-refractivity contribution in [3.8, 4) is 5.75 Å². The number of sulfonamides is 1. The lowest BCUT2D eigenvalue weighted by Gasteiger charge is -2.26. The Bertz CT molecular complexity index is 1530. The van der Waals surface area contributed by atoms with Gasteiger partial charge in [-0.2, -0.15) is 9.97 Å². The van der Waals surface area contributed by atoms with E-state index < -0.39 is 10.0 Å². The Morgan fingerprint density at radius 3 is 2.64 bits per heavy atom. The van der Waals surface area contributed by atoms with Gasteiger partial charge >= 0.3 is 0 Å². The van der Waals surface area contributed by atoms with Crippen molar-refractivity contribution in [2.45, 2.75) is 17.9 Å². The smallest absolute Gasteiger partial charge is 0.244 e. The molecule has 0 fully saturated rings. The summed E-state index contributed by atoms with van der Waals surface area (Å²) in [6.07, 6.45) is 2.74. The Labute approximate surface area is 210 Å². The van der Waals surface area contributed by atoms with Crippen molar-refractivity contribution in [3.63, 3.8) is 0 Å². The normalized spacial score (nSPS) is 14.1. The standard InChI is InChI=1S/C25H29N7O3S/c1-31(2)36(33,34)22-8-6-5-7-19(22)27-24-18-9-11-26-23(18)29-25(30-24)28-20-13-17-15-32(3)12-10-16(17)14-21(20)35-4/h5-9,11,13-14H,10,12,15H2,1-4H3,(H3,26,27,28,29,30). The molecule has 0 amide bonds. The van der Waals surface area contributed by atoms with Crippen LogP contribution in [0.1, 0.15) is 11.1 Å². The number of benzene rings is 2. The van der Waals surface area contributed by atoms with Crippen molar-refractivity contribution in [2.75, 3.05) is 45.4 Å². The molecule has 0 saturated carbocycles. The third kappa shape index (κ3) is 4.48. The van der Waals surface area contributed by atoms with Crippen molar-refractivity contribution < 1.29 is 13.2 Å². The minimum Gasteiger partial charge on any atom is -0.495 e. The average Bonchev–Trinajstić information content (AvgIpc) is 3.33. The van der Waals surface area contributed by atoms with E-state index >= 15 is 0 Å². The Morgan fingerprint density at radius 2 is 1.86 bits per heavy atom. The first-order valence-electron chi connectivity index (χ1n) is 11.6. The molecule has 4 aromatic rings. The van der Waals surface area contributed by atoms with Crippen LogP contribution in [0, 0.1) is 0 Å². The maximum absolute atomic E-state index is 12.9. The third-order valence-electron chi connectivity index (χ3n) is 6.29. The lowest BCUT2D eigenvalue weighted by molar-refractivity contribution is 0.312. The minimum atomic E-state index is -3.67. The van der Waals surface area contributed by atoms with Gasteiger partial charge in [0.25, 0.3) is 0 Å². The molecule has 1 aliphatic heterocycles. The fourth-order valence-corrected chi connectivity index (χ4v) is 5.37. The molecular weight excluding hydrogens is 478 g/mol. The summed E-state index contributed by atoms with van der Waals surface area (Å²) in [6.45, 7) is 1.87. The number of methoxy groups -OCH3 is 1. The van der Waals surface area contributed by atoms with Gasteiger partial charge in [-0.3, -0.25) is 0 Å². The van der Waals surface area contributed by atoms with Gasteiger partial charge in [-0.1, -0.05) is 12.1 Å². The van der Waals surface area contributed by atoms with Crippen molar-refractivity contribution in [1.29, 1.82) is 0 Å². The summed E-state index contributed by atoms with van der Waals surface area (Å²) in [4.78, 5) is 14.9. The Hall–Kier alpha value is -3.67. The van der Waals surface area contributed by atoms with Gasteiger partial charge in [0, 0.05) is 33.4 Å². The molecule has 3 heterocycles. The van der Waals surface area contributed by atoms with E-state index in [1.165, 1.54) is 29.5 Å². The number of rotatable bonds is 7. The van der Waals surface area contributed by atoms with Crippen LogP contribution in [0.3, 0.4) is 0 Å². The zero-order valence-corrected chi connectivity index (χ0v) is 21.5. The summed E-state index contributed by atoms with van der Waals surface area (Å²) in [5.41, 5.74) is 4.30. The molecule has 2 aromatic heterocycles. The summed E-state index contributed by atoms with van der Waals surface area (Å²) < 4.78 is 32.6. The second-order valence-corrected chi connectivity index (χ2v) is 11.1. The number of anilines is 4. The molecule has 2 aromatic carbocycles. The van der Waals surface area contributed by atoms with Gasteiger partial charge in [-0.15, -0.1) is 0 Å². The zero-order valence-electron chi connectivity index (χ0n) is 20.7. The number of likely N-dealkylation sites (N-methyl/N-ethyl adjacent to an activating group) is 1. The van der Waals surface area contributed by atoms with Crippen molar-refractivity contribution in [2.24, 2.45) is 0 Å². The number of hydrogen-bond acceptors (Lipinski definition) is 8. The monoisotopic (exact) mass is 507 g/mol. The third-order valence-corrected chi connectivity index (χ3v) is 8.16. The van der Waals surface area contributed by atoms with Gasteiger partial charge in [-0.05, 0) is 54.9 Å². The molecule has 0 radical (unpaired) electrons. The van der Waals surface area contributed by atoms with E-state index in [0.29, 0.717) is 28.9 Å². The fourth-order valence-electron chi connectivity index (χ4n) is 4.33. The number of hydrogen-bond donors (Lipinski definition) is 3. The summed E-state index contributed by atoms with van der Waals surface area (Å²) in [6, 6.07) is 12.8. The van der Waals surface area contributed by atoms with Gasteiger partial charge in [0.2, 0.25) is 16.0 Å². The molecule has 3 N–H and O–H groups in total. The first-order valence-corrected chi connectivity index (χ1v) is 13.0. The van der Waals surface area contributed by atoms with Gasteiger partial charge < -0.3 is 25.3 Å². The molecule has 0 spiro atoms. The summed E-state index contributed by atoms with van der Waals surface area (Å²) in [5, 5.41) is 7.26. The number of nitrogens with zero attached hydrogens (tertiary/aromatic N) is 4. The number of aromatic amines is 1. The lowest BCUT2D eigenvalue weighted by atomic mass is 9.99. The highest BCUT2D eigenvalue weighted by atomic mass is 32.2. The molecular formula is C25H29N7O3S. The van der Waals surface area contributed by atoms with Crippen LogP contribution in [0.5, 0.6) is 5.75 Å². The molecule has 11 heteroatoms. The maximum Gasteiger partial charge on any atom is 0.244 e. The van der Waals surface area contributed by atoms with Gasteiger partial charge in [0.05, 0.1) is 23.9 Å². The topological polar surface area (TPSA) is 115 Å². The van der Waals surface area contributed by atoms with Crippen molar-refractivity contribution >= 4 is 44.2 Å². The quantitative estimate of drug-likeness (QED) is 0.347. The number of nitrogens with one attached hydrogen (secondary N) is 3. The number of para-hydroxylation sites is 1. The molecule has 0 saturated heterocycles. The largest absolute Gasteiger partial charge is 0.495 e. The number of fused-ring (bicyclic) bond motifs is 2. The summed E-state index contributed by atoms with van der Waals surface area (Å²) in [5.74, 6) is 1.54. The van der Waals surface area contributed by atoms with Crippen LogP contribution in [0.2, 0.25) is 0 Å². The average molecular weight is 508 g/mol. The molecule has 5 rings (SSSR count). The van der Waals surface area contributed by atoms with Crippen molar-refractivity contribution in [3.05, 3.63) is 59.8 Å². The summed E-state index contributed by atoms with van der Waals surface area (Å²) in [7, 11) is 3.10. The molecule has 0 atom stereocenters. The van der Waals surface area contributed by atoms with E-state index in [0.717, 1.165) is 30.6 Å².